The smallest absolute Gasteiger partial charge is 0.326 e. The normalized spacial score (nSPS) is 15.0. The molecule has 0 spiro atoms. The van der Waals surface area contributed by atoms with Gasteiger partial charge in [-0.3, -0.25) is 9.36 Å². The summed E-state index contributed by atoms with van der Waals surface area (Å²) < 4.78 is 1.85. The summed E-state index contributed by atoms with van der Waals surface area (Å²) in [6.45, 7) is 5.58. The van der Waals surface area contributed by atoms with E-state index < -0.39 is 0 Å². The number of thiazole rings is 1. The number of likely N-dealkylation sites (tertiary alicyclic amines) is 1. The van der Waals surface area contributed by atoms with E-state index >= 15 is 0 Å². The summed E-state index contributed by atoms with van der Waals surface area (Å²) in [6, 6.07) is 16.2. The van der Waals surface area contributed by atoms with Crippen molar-refractivity contribution in [2.75, 3.05) is 13.1 Å². The molecule has 1 aliphatic heterocycles. The third kappa shape index (κ3) is 3.77. The van der Waals surface area contributed by atoms with E-state index in [4.69, 9.17) is 0 Å². The molecule has 3 heterocycles. The maximum atomic E-state index is 13.1. The van der Waals surface area contributed by atoms with E-state index in [9.17, 15) is 9.59 Å². The van der Waals surface area contributed by atoms with Gasteiger partial charge in [0.2, 0.25) is 0 Å². The van der Waals surface area contributed by atoms with Crippen LogP contribution in [0, 0.1) is 0 Å². The van der Waals surface area contributed by atoms with Gasteiger partial charge in [0, 0.05) is 30.1 Å². The lowest BCUT2D eigenvalue weighted by Gasteiger charge is -2.32. The van der Waals surface area contributed by atoms with Crippen LogP contribution >= 0.6 is 11.3 Å². The minimum atomic E-state index is -0.0800. The third-order valence-corrected chi connectivity index (χ3v) is 7.18. The predicted octanol–water partition coefficient (Wildman–Crippen LogP) is 5.05. The number of nitrogens with one attached hydrogen (secondary N) is 1. The summed E-state index contributed by atoms with van der Waals surface area (Å²) in [5.74, 6) is 0.455. The topological polar surface area (TPSA) is 71.0 Å². The Balaban J connectivity index is 1.28. The molecule has 0 unspecified atom stereocenters. The van der Waals surface area contributed by atoms with Gasteiger partial charge in [-0.2, -0.15) is 0 Å². The Bertz CT molecular complexity index is 1310. The van der Waals surface area contributed by atoms with Crippen LogP contribution in [0.5, 0.6) is 0 Å². The number of hydrogen-bond acceptors (Lipinski definition) is 4. The summed E-state index contributed by atoms with van der Waals surface area (Å²) >= 11 is 1.50. The molecule has 0 atom stereocenters. The molecule has 2 aromatic heterocycles. The van der Waals surface area contributed by atoms with E-state index in [0.717, 1.165) is 34.4 Å². The predicted molar refractivity (Wildman–Crippen MR) is 128 cm³/mol. The van der Waals surface area contributed by atoms with Gasteiger partial charge < -0.3 is 9.88 Å². The van der Waals surface area contributed by atoms with Crippen molar-refractivity contribution >= 4 is 28.3 Å². The lowest BCUT2D eigenvalue weighted by Crippen LogP contribution is -2.40. The highest BCUT2D eigenvalue weighted by molar-refractivity contribution is 7.13. The fourth-order valence-electron chi connectivity index (χ4n) is 4.44. The lowest BCUT2D eigenvalue weighted by molar-refractivity contribution is 0.0690. The van der Waals surface area contributed by atoms with Crippen molar-refractivity contribution in [1.82, 2.24) is 19.4 Å². The van der Waals surface area contributed by atoms with Crippen LogP contribution in [0.1, 0.15) is 54.7 Å². The maximum Gasteiger partial charge on any atom is 0.326 e. The van der Waals surface area contributed by atoms with Crippen LogP contribution in [0.3, 0.4) is 0 Å². The largest absolute Gasteiger partial charge is 0.337 e. The standard InChI is InChI=1S/C25H26N4O2S/c1-16(2)17-7-9-18(10-8-17)23-26-21(15-32-23)24(30)28-13-11-19(12-14-28)29-22-6-4-3-5-20(22)27-25(29)31/h3-10,15-16,19H,11-14H2,1-2H3,(H,27,31). The fourth-order valence-corrected chi connectivity index (χ4v) is 5.24. The Morgan fingerprint density at radius 1 is 1.09 bits per heavy atom. The summed E-state index contributed by atoms with van der Waals surface area (Å²) in [5.41, 5.74) is 4.53. The molecule has 5 rings (SSSR count). The average Bonchev–Trinajstić information content (AvgIpc) is 3.43. The highest BCUT2D eigenvalue weighted by Gasteiger charge is 2.27. The minimum absolute atomic E-state index is 0.0315. The zero-order chi connectivity index (χ0) is 22.2. The molecular weight excluding hydrogens is 420 g/mol. The van der Waals surface area contributed by atoms with Crippen LogP contribution in [-0.2, 0) is 0 Å². The van der Waals surface area contributed by atoms with Gasteiger partial charge in [-0.05, 0) is 36.5 Å². The Morgan fingerprint density at radius 2 is 1.81 bits per heavy atom. The van der Waals surface area contributed by atoms with Gasteiger partial charge >= 0.3 is 5.69 Å². The molecule has 6 nitrogen and oxygen atoms in total. The van der Waals surface area contributed by atoms with Crippen molar-refractivity contribution in [2.24, 2.45) is 0 Å². The summed E-state index contributed by atoms with van der Waals surface area (Å²) in [4.78, 5) is 35.0. The van der Waals surface area contributed by atoms with Crippen molar-refractivity contribution < 1.29 is 4.79 Å². The Hall–Kier alpha value is -3.19. The summed E-state index contributed by atoms with van der Waals surface area (Å²) in [6.07, 6.45) is 1.50. The molecule has 0 saturated carbocycles. The van der Waals surface area contributed by atoms with Crippen LogP contribution in [0.15, 0.2) is 58.7 Å². The highest BCUT2D eigenvalue weighted by atomic mass is 32.1. The molecule has 2 aromatic carbocycles. The van der Waals surface area contributed by atoms with Gasteiger partial charge in [-0.25, -0.2) is 9.78 Å². The van der Waals surface area contributed by atoms with Crippen molar-refractivity contribution in [1.29, 1.82) is 0 Å². The number of piperidine rings is 1. The highest BCUT2D eigenvalue weighted by Crippen LogP contribution is 2.28. The monoisotopic (exact) mass is 446 g/mol. The first-order chi connectivity index (χ1) is 15.5. The number of imidazole rings is 1. The van der Waals surface area contributed by atoms with Crippen molar-refractivity contribution in [3.05, 3.63) is 75.7 Å². The second-order valence-corrected chi connectivity index (χ2v) is 9.51. The molecule has 1 saturated heterocycles. The van der Waals surface area contributed by atoms with E-state index in [1.54, 1.807) is 0 Å². The third-order valence-electron chi connectivity index (χ3n) is 6.29. The Labute approximate surface area is 190 Å². The van der Waals surface area contributed by atoms with Gasteiger partial charge in [0.15, 0.2) is 0 Å². The first-order valence-electron chi connectivity index (χ1n) is 11.1. The summed E-state index contributed by atoms with van der Waals surface area (Å²) in [7, 11) is 0. The van der Waals surface area contributed by atoms with Gasteiger partial charge in [0.05, 0.1) is 11.0 Å². The van der Waals surface area contributed by atoms with Gasteiger partial charge in [-0.15, -0.1) is 11.3 Å². The maximum absolute atomic E-state index is 13.1. The van der Waals surface area contributed by atoms with Crippen LogP contribution in [-0.4, -0.2) is 38.4 Å². The fraction of sp³-hybridized carbons (Fsp3) is 0.320. The lowest BCUT2D eigenvalue weighted by atomic mass is 10.0. The number of aromatic amines is 1. The average molecular weight is 447 g/mol. The molecule has 1 aliphatic rings. The number of para-hydroxylation sites is 2. The van der Waals surface area contributed by atoms with Gasteiger partial charge in [0.1, 0.15) is 10.7 Å². The van der Waals surface area contributed by atoms with Crippen molar-refractivity contribution in [3.8, 4) is 10.6 Å². The van der Waals surface area contributed by atoms with E-state index in [2.05, 4.69) is 48.1 Å². The van der Waals surface area contributed by atoms with Gasteiger partial charge in [-0.1, -0.05) is 50.2 Å². The number of fused-ring (bicyclic) bond motifs is 1. The number of carbonyl (C=O) groups excluding carboxylic acids is 1. The molecule has 32 heavy (non-hydrogen) atoms. The molecule has 1 amide bonds. The molecular formula is C25H26N4O2S. The number of benzene rings is 2. The first kappa shape index (κ1) is 20.7. The number of hydrogen-bond donors (Lipinski definition) is 1. The molecule has 164 valence electrons. The second kappa shape index (κ2) is 8.39. The number of rotatable bonds is 4. The number of nitrogens with zero attached hydrogens (tertiary/aromatic N) is 3. The van der Waals surface area contributed by atoms with Crippen LogP contribution in [0.2, 0.25) is 0 Å². The number of aromatic nitrogens is 3. The second-order valence-electron chi connectivity index (χ2n) is 8.66. The Kier molecular flexibility index (Phi) is 5.43. The van der Waals surface area contributed by atoms with E-state index in [0.29, 0.717) is 24.7 Å². The van der Waals surface area contributed by atoms with Crippen LogP contribution in [0.4, 0.5) is 0 Å². The number of carbonyl (C=O) groups is 1. The zero-order valence-electron chi connectivity index (χ0n) is 18.2. The van der Waals surface area contributed by atoms with E-state index in [1.165, 1.54) is 16.9 Å². The molecule has 0 bridgehead atoms. The number of amides is 1. The van der Waals surface area contributed by atoms with Crippen molar-refractivity contribution in [3.63, 3.8) is 0 Å². The van der Waals surface area contributed by atoms with E-state index in [1.807, 2.05) is 39.1 Å². The van der Waals surface area contributed by atoms with Crippen molar-refractivity contribution in [2.45, 2.75) is 38.6 Å². The first-order valence-corrected chi connectivity index (χ1v) is 11.9. The van der Waals surface area contributed by atoms with Crippen LogP contribution < -0.4 is 5.69 Å². The van der Waals surface area contributed by atoms with Crippen LogP contribution in [0.25, 0.3) is 21.6 Å². The minimum Gasteiger partial charge on any atom is -0.337 e. The quantitative estimate of drug-likeness (QED) is 0.477. The molecule has 0 aliphatic carbocycles. The Morgan fingerprint density at radius 3 is 2.53 bits per heavy atom. The summed E-state index contributed by atoms with van der Waals surface area (Å²) in [5, 5.41) is 2.72. The SMILES string of the molecule is CC(C)c1ccc(-c2nc(C(=O)N3CCC(n4c(=O)[nH]c5ccccc54)CC3)cs2)cc1. The molecule has 7 heteroatoms. The number of H-pyrrole nitrogens is 1. The van der Waals surface area contributed by atoms with E-state index in [-0.39, 0.29) is 17.6 Å². The molecule has 4 aromatic rings. The zero-order valence-corrected chi connectivity index (χ0v) is 19.1. The molecule has 0 radical (unpaired) electrons. The molecule has 1 fully saturated rings. The molecule has 1 N–H and O–H groups in total. The van der Waals surface area contributed by atoms with Gasteiger partial charge in [0.25, 0.3) is 5.91 Å².